The Balaban J connectivity index is 1.36. The largest absolute Gasteiger partial charge is 0.497 e. The average Bonchev–Trinajstić information content (AvgIpc) is 3.17. The number of aryl methyl sites for hydroxylation is 1. The monoisotopic (exact) mass is 372 g/mol. The summed E-state index contributed by atoms with van der Waals surface area (Å²) >= 11 is 0. The molecule has 0 aliphatic rings. The number of fused-ring (bicyclic) bond motifs is 1. The van der Waals surface area contributed by atoms with Crippen LogP contribution in [0.2, 0.25) is 0 Å². The Bertz CT molecular complexity index is 1050. The summed E-state index contributed by atoms with van der Waals surface area (Å²) in [6.07, 6.45) is 6.67. The third kappa shape index (κ3) is 4.01. The minimum Gasteiger partial charge on any atom is -0.497 e. The van der Waals surface area contributed by atoms with Crippen LogP contribution < -0.4 is 10.1 Å². The molecule has 4 aromatic rings. The zero-order chi connectivity index (χ0) is 19.3. The molecular weight excluding hydrogens is 352 g/mol. The Hall–Kier alpha value is -3.67. The van der Waals surface area contributed by atoms with Gasteiger partial charge in [0, 0.05) is 36.3 Å². The maximum atomic E-state index is 12.2. The van der Waals surface area contributed by atoms with Gasteiger partial charge in [0.2, 0.25) is 11.7 Å². The Kier molecular flexibility index (Phi) is 5.01. The van der Waals surface area contributed by atoms with Gasteiger partial charge in [-0.05, 0) is 42.3 Å². The molecule has 0 fully saturated rings. The van der Waals surface area contributed by atoms with Gasteiger partial charge in [-0.3, -0.25) is 9.20 Å². The molecule has 0 aliphatic carbocycles. The van der Waals surface area contributed by atoms with Gasteiger partial charge in [0.15, 0.2) is 0 Å². The molecular formula is C22H20N4O2. The van der Waals surface area contributed by atoms with Crippen molar-refractivity contribution >= 4 is 17.4 Å². The maximum absolute atomic E-state index is 12.2. The predicted molar refractivity (Wildman–Crippen MR) is 108 cm³/mol. The molecule has 6 heteroatoms. The topological polar surface area (TPSA) is 68.5 Å². The van der Waals surface area contributed by atoms with Crippen LogP contribution >= 0.6 is 0 Å². The van der Waals surface area contributed by atoms with Crippen molar-refractivity contribution in [2.24, 2.45) is 0 Å². The van der Waals surface area contributed by atoms with E-state index in [2.05, 4.69) is 15.3 Å². The summed E-state index contributed by atoms with van der Waals surface area (Å²) in [4.78, 5) is 21.0. The van der Waals surface area contributed by atoms with E-state index in [0.717, 1.165) is 28.3 Å². The number of methoxy groups -OCH3 is 1. The van der Waals surface area contributed by atoms with Crippen LogP contribution in [0.5, 0.6) is 5.75 Å². The van der Waals surface area contributed by atoms with Gasteiger partial charge in [-0.2, -0.15) is 0 Å². The Morgan fingerprint density at radius 3 is 2.61 bits per heavy atom. The highest BCUT2D eigenvalue weighted by molar-refractivity contribution is 5.91. The smallest absolute Gasteiger partial charge is 0.234 e. The number of benzene rings is 2. The van der Waals surface area contributed by atoms with Crippen LogP contribution in [0.25, 0.3) is 17.0 Å². The van der Waals surface area contributed by atoms with Gasteiger partial charge >= 0.3 is 0 Å². The number of carbonyl (C=O) groups is 1. The van der Waals surface area contributed by atoms with Crippen molar-refractivity contribution in [1.82, 2.24) is 14.4 Å². The summed E-state index contributed by atoms with van der Waals surface area (Å²) in [7, 11) is 1.64. The first-order chi connectivity index (χ1) is 13.7. The molecule has 1 N–H and O–H groups in total. The van der Waals surface area contributed by atoms with Crippen LogP contribution in [0, 0.1) is 0 Å². The second-order valence-electron chi connectivity index (χ2n) is 6.43. The molecule has 0 unspecified atom stereocenters. The lowest BCUT2D eigenvalue weighted by atomic mass is 10.1. The zero-order valence-corrected chi connectivity index (χ0v) is 15.5. The second kappa shape index (κ2) is 7.92. The summed E-state index contributed by atoms with van der Waals surface area (Å²) in [6, 6.07) is 17.3. The van der Waals surface area contributed by atoms with Crippen molar-refractivity contribution in [2.45, 2.75) is 12.8 Å². The van der Waals surface area contributed by atoms with E-state index in [4.69, 9.17) is 4.74 Å². The van der Waals surface area contributed by atoms with E-state index in [1.54, 1.807) is 13.3 Å². The summed E-state index contributed by atoms with van der Waals surface area (Å²) < 4.78 is 7.02. The lowest BCUT2D eigenvalue weighted by molar-refractivity contribution is -0.116. The van der Waals surface area contributed by atoms with E-state index in [1.165, 1.54) is 0 Å². The molecule has 1 amide bonds. The minimum atomic E-state index is -0.0134. The summed E-state index contributed by atoms with van der Waals surface area (Å²) in [6.45, 7) is 0. The first-order valence-corrected chi connectivity index (χ1v) is 9.04. The van der Waals surface area contributed by atoms with Crippen molar-refractivity contribution in [3.05, 3.63) is 78.8 Å². The molecule has 6 nitrogen and oxygen atoms in total. The van der Waals surface area contributed by atoms with E-state index in [0.29, 0.717) is 18.6 Å². The third-order valence-corrected chi connectivity index (χ3v) is 4.50. The molecule has 140 valence electrons. The molecule has 0 atom stereocenters. The number of rotatable bonds is 6. The maximum Gasteiger partial charge on any atom is 0.234 e. The Morgan fingerprint density at radius 2 is 1.89 bits per heavy atom. The molecule has 0 spiro atoms. The van der Waals surface area contributed by atoms with Crippen molar-refractivity contribution in [2.75, 3.05) is 12.4 Å². The number of nitrogens with zero attached hydrogens (tertiary/aromatic N) is 3. The molecule has 2 aromatic carbocycles. The van der Waals surface area contributed by atoms with E-state index < -0.39 is 0 Å². The highest BCUT2D eigenvalue weighted by atomic mass is 16.5. The highest BCUT2D eigenvalue weighted by Crippen LogP contribution is 2.21. The van der Waals surface area contributed by atoms with Crippen molar-refractivity contribution in [1.29, 1.82) is 0 Å². The van der Waals surface area contributed by atoms with E-state index in [-0.39, 0.29) is 5.91 Å². The van der Waals surface area contributed by atoms with E-state index in [9.17, 15) is 4.79 Å². The lowest BCUT2D eigenvalue weighted by Crippen LogP contribution is -2.12. The minimum absolute atomic E-state index is 0.0134. The Morgan fingerprint density at radius 1 is 1.11 bits per heavy atom. The highest BCUT2D eigenvalue weighted by Gasteiger charge is 2.07. The van der Waals surface area contributed by atoms with Crippen molar-refractivity contribution in [3.8, 4) is 17.0 Å². The summed E-state index contributed by atoms with van der Waals surface area (Å²) in [5, 5.41) is 2.94. The van der Waals surface area contributed by atoms with Crippen molar-refractivity contribution in [3.63, 3.8) is 0 Å². The fourth-order valence-electron chi connectivity index (χ4n) is 2.97. The van der Waals surface area contributed by atoms with Crippen LogP contribution in [-0.4, -0.2) is 27.4 Å². The number of aromatic nitrogens is 3. The second-order valence-corrected chi connectivity index (χ2v) is 6.43. The van der Waals surface area contributed by atoms with Gasteiger partial charge in [-0.15, -0.1) is 0 Å². The average molecular weight is 372 g/mol. The molecule has 28 heavy (non-hydrogen) atoms. The van der Waals surface area contributed by atoms with E-state index >= 15 is 0 Å². The van der Waals surface area contributed by atoms with Gasteiger partial charge in [0.25, 0.3) is 0 Å². The molecule has 4 rings (SSSR count). The number of anilines is 1. The van der Waals surface area contributed by atoms with Crippen LogP contribution in [0.4, 0.5) is 5.69 Å². The molecule has 0 bridgehead atoms. The molecule has 2 heterocycles. The first kappa shape index (κ1) is 17.7. The van der Waals surface area contributed by atoms with Gasteiger partial charge in [0.05, 0.1) is 12.8 Å². The van der Waals surface area contributed by atoms with Crippen LogP contribution in [0.3, 0.4) is 0 Å². The quantitative estimate of drug-likeness (QED) is 0.556. The van der Waals surface area contributed by atoms with Gasteiger partial charge < -0.3 is 10.1 Å². The third-order valence-electron chi connectivity index (χ3n) is 4.50. The predicted octanol–water partition coefficient (Wildman–Crippen LogP) is 3.98. The first-order valence-electron chi connectivity index (χ1n) is 9.04. The number of nitrogens with one attached hydrogen (secondary N) is 1. The molecule has 0 saturated carbocycles. The molecule has 2 aromatic heterocycles. The van der Waals surface area contributed by atoms with Crippen LogP contribution in [0.15, 0.2) is 73.2 Å². The summed E-state index contributed by atoms with van der Waals surface area (Å²) in [5.41, 5.74) is 3.69. The summed E-state index contributed by atoms with van der Waals surface area (Å²) in [5.74, 6) is 1.46. The SMILES string of the molecule is COc1ccc(CCC(=O)Nc2ccc(-c3cn4cccnc4n3)cc2)cc1. The van der Waals surface area contributed by atoms with Gasteiger partial charge in [-0.25, -0.2) is 9.97 Å². The fourth-order valence-corrected chi connectivity index (χ4v) is 2.97. The molecule has 0 aliphatic heterocycles. The van der Waals surface area contributed by atoms with Gasteiger partial charge in [-0.1, -0.05) is 24.3 Å². The fraction of sp³-hybridized carbons (Fsp3) is 0.136. The standard InChI is InChI=1S/C22H20N4O2/c1-28-19-10-3-16(4-11-19)5-12-21(27)24-18-8-6-17(7-9-18)20-15-26-14-2-13-23-22(26)25-20/h2-4,6-11,13-15H,5,12H2,1H3,(H,24,27). The number of imidazole rings is 1. The Labute approximate surface area is 162 Å². The van der Waals surface area contributed by atoms with Gasteiger partial charge in [0.1, 0.15) is 5.75 Å². The number of hydrogen-bond acceptors (Lipinski definition) is 4. The van der Waals surface area contributed by atoms with Crippen molar-refractivity contribution < 1.29 is 9.53 Å². The zero-order valence-electron chi connectivity index (χ0n) is 15.5. The van der Waals surface area contributed by atoms with E-state index in [1.807, 2.05) is 71.4 Å². The van der Waals surface area contributed by atoms with Crippen LogP contribution in [0.1, 0.15) is 12.0 Å². The lowest BCUT2D eigenvalue weighted by Gasteiger charge is -2.07. The van der Waals surface area contributed by atoms with Crippen LogP contribution in [-0.2, 0) is 11.2 Å². The number of ether oxygens (including phenoxy) is 1. The number of amides is 1. The molecule has 0 radical (unpaired) electrons. The number of hydrogen-bond donors (Lipinski definition) is 1. The normalized spacial score (nSPS) is 10.8. The number of carbonyl (C=O) groups excluding carboxylic acids is 1. The molecule has 0 saturated heterocycles.